The molecule has 0 saturated carbocycles. The van der Waals surface area contributed by atoms with Gasteiger partial charge in [-0.1, -0.05) is 6.07 Å². The Morgan fingerprint density at radius 1 is 1.36 bits per heavy atom. The molecule has 1 aromatic carbocycles. The van der Waals surface area contributed by atoms with Gasteiger partial charge in [0.1, 0.15) is 5.69 Å². The summed E-state index contributed by atoms with van der Waals surface area (Å²) >= 11 is 1.65. The minimum atomic E-state index is -0.403. The van der Waals surface area contributed by atoms with Crippen molar-refractivity contribution < 1.29 is 9.72 Å². The maximum atomic E-state index is 12.4. The van der Waals surface area contributed by atoms with E-state index < -0.39 is 4.92 Å². The third-order valence-corrected chi connectivity index (χ3v) is 5.24. The number of hydrogen-bond acceptors (Lipinski definition) is 5. The first-order valence-electron chi connectivity index (χ1n) is 8.41. The highest BCUT2D eigenvalue weighted by atomic mass is 32.1. The third kappa shape index (κ3) is 4.17. The van der Waals surface area contributed by atoms with Crippen LogP contribution in [0.25, 0.3) is 0 Å². The van der Waals surface area contributed by atoms with Crippen LogP contribution in [-0.2, 0) is 6.42 Å². The van der Waals surface area contributed by atoms with Crippen LogP contribution >= 0.6 is 11.3 Å². The molecule has 0 spiro atoms. The Labute approximate surface area is 150 Å². The van der Waals surface area contributed by atoms with Gasteiger partial charge in [0, 0.05) is 42.1 Å². The van der Waals surface area contributed by atoms with E-state index in [1.807, 2.05) is 29.3 Å². The highest BCUT2D eigenvalue weighted by Crippen LogP contribution is 2.31. The van der Waals surface area contributed by atoms with Crippen LogP contribution in [0.4, 0.5) is 11.4 Å². The van der Waals surface area contributed by atoms with Gasteiger partial charge >= 0.3 is 0 Å². The fourth-order valence-electron chi connectivity index (χ4n) is 3.13. The maximum Gasteiger partial charge on any atom is 0.293 e. The third-order valence-electron chi connectivity index (χ3n) is 4.35. The first kappa shape index (κ1) is 17.4. The average molecular weight is 359 g/mol. The van der Waals surface area contributed by atoms with Crippen molar-refractivity contribution in [2.75, 3.05) is 18.0 Å². The van der Waals surface area contributed by atoms with E-state index in [-0.39, 0.29) is 17.6 Å². The number of nitro benzene ring substituents is 1. The summed E-state index contributed by atoms with van der Waals surface area (Å²) in [4.78, 5) is 26.7. The summed E-state index contributed by atoms with van der Waals surface area (Å²) in [6.07, 6.45) is 2.83. The molecule has 1 N–H and O–H groups in total. The molecule has 0 unspecified atom stereocenters. The number of nitrogens with one attached hydrogen (secondary N) is 1. The van der Waals surface area contributed by atoms with Crippen LogP contribution in [0.5, 0.6) is 0 Å². The molecule has 1 atom stereocenters. The molecule has 132 valence electrons. The van der Waals surface area contributed by atoms with E-state index in [1.165, 1.54) is 10.9 Å². The summed E-state index contributed by atoms with van der Waals surface area (Å²) in [5.74, 6) is -0.278. The molecule has 0 aliphatic carbocycles. The Kier molecular flexibility index (Phi) is 5.33. The van der Waals surface area contributed by atoms with Crippen LogP contribution < -0.4 is 10.2 Å². The SMILES string of the molecule is C[C@@H](Cc1cccs1)NC(=O)c1ccc(N2CCCC2)c([N+](=O)[O-])c1. The van der Waals surface area contributed by atoms with E-state index >= 15 is 0 Å². The minimum absolute atomic E-state index is 0.000426. The molecule has 7 heteroatoms. The summed E-state index contributed by atoms with van der Waals surface area (Å²) in [6.45, 7) is 3.58. The summed E-state index contributed by atoms with van der Waals surface area (Å²) in [6, 6.07) is 8.73. The quantitative estimate of drug-likeness (QED) is 0.631. The normalized spacial score (nSPS) is 15.2. The Morgan fingerprint density at radius 2 is 2.12 bits per heavy atom. The number of carbonyl (C=O) groups is 1. The van der Waals surface area contributed by atoms with Gasteiger partial charge in [0.15, 0.2) is 0 Å². The summed E-state index contributed by atoms with van der Waals surface area (Å²) < 4.78 is 0. The number of thiophene rings is 1. The number of hydrogen-bond donors (Lipinski definition) is 1. The molecule has 6 nitrogen and oxygen atoms in total. The zero-order valence-electron chi connectivity index (χ0n) is 14.1. The Balaban J connectivity index is 1.73. The lowest BCUT2D eigenvalue weighted by Crippen LogP contribution is -2.34. The van der Waals surface area contributed by atoms with Gasteiger partial charge in [-0.05, 0) is 43.3 Å². The lowest BCUT2D eigenvalue weighted by molar-refractivity contribution is -0.384. The van der Waals surface area contributed by atoms with Crippen molar-refractivity contribution in [3.05, 3.63) is 56.3 Å². The van der Waals surface area contributed by atoms with Crippen LogP contribution in [0.1, 0.15) is 35.0 Å². The van der Waals surface area contributed by atoms with Crippen molar-refractivity contribution in [2.45, 2.75) is 32.2 Å². The van der Waals surface area contributed by atoms with Crippen molar-refractivity contribution in [1.29, 1.82) is 0 Å². The first-order chi connectivity index (χ1) is 12.0. The van der Waals surface area contributed by atoms with Crippen molar-refractivity contribution >= 4 is 28.6 Å². The fourth-order valence-corrected chi connectivity index (χ4v) is 3.96. The van der Waals surface area contributed by atoms with E-state index in [4.69, 9.17) is 0 Å². The molecule has 1 aliphatic heterocycles. The monoisotopic (exact) mass is 359 g/mol. The lowest BCUT2D eigenvalue weighted by Gasteiger charge is -2.18. The van der Waals surface area contributed by atoms with Crippen molar-refractivity contribution in [3.8, 4) is 0 Å². The van der Waals surface area contributed by atoms with E-state index in [9.17, 15) is 14.9 Å². The van der Waals surface area contributed by atoms with Gasteiger partial charge < -0.3 is 10.2 Å². The molecule has 2 aromatic rings. The zero-order chi connectivity index (χ0) is 17.8. The van der Waals surface area contributed by atoms with Crippen molar-refractivity contribution in [1.82, 2.24) is 5.32 Å². The fraction of sp³-hybridized carbons (Fsp3) is 0.389. The van der Waals surface area contributed by atoms with Crippen molar-refractivity contribution in [2.24, 2.45) is 0 Å². The molecule has 0 bridgehead atoms. The summed E-state index contributed by atoms with van der Waals surface area (Å²) in [7, 11) is 0. The molecule has 2 heterocycles. The lowest BCUT2D eigenvalue weighted by atomic mass is 10.1. The number of nitro groups is 1. The Morgan fingerprint density at radius 3 is 2.76 bits per heavy atom. The molecule has 1 aromatic heterocycles. The average Bonchev–Trinajstić information content (AvgIpc) is 3.27. The second-order valence-corrected chi connectivity index (χ2v) is 7.35. The zero-order valence-corrected chi connectivity index (χ0v) is 14.9. The number of benzene rings is 1. The number of anilines is 1. The van der Waals surface area contributed by atoms with Crippen LogP contribution in [-0.4, -0.2) is 30.0 Å². The number of rotatable bonds is 6. The van der Waals surface area contributed by atoms with Crippen LogP contribution in [0, 0.1) is 10.1 Å². The van der Waals surface area contributed by atoms with Crippen LogP contribution in [0.3, 0.4) is 0 Å². The standard InChI is InChI=1S/C18H21N3O3S/c1-13(11-15-5-4-10-25-15)19-18(22)14-6-7-16(17(12-14)21(23)24)20-8-2-3-9-20/h4-7,10,12-13H,2-3,8-9,11H2,1H3,(H,19,22)/t13-/m0/s1. The molecule has 0 radical (unpaired) electrons. The van der Waals surface area contributed by atoms with Gasteiger partial charge in [-0.3, -0.25) is 14.9 Å². The Bertz CT molecular complexity index is 755. The smallest absolute Gasteiger partial charge is 0.293 e. The number of nitrogens with zero attached hydrogens (tertiary/aromatic N) is 2. The van der Waals surface area contributed by atoms with Gasteiger partial charge in [-0.25, -0.2) is 0 Å². The molecular weight excluding hydrogens is 338 g/mol. The molecule has 3 rings (SSSR count). The maximum absolute atomic E-state index is 12.4. The minimum Gasteiger partial charge on any atom is -0.366 e. The first-order valence-corrected chi connectivity index (χ1v) is 9.29. The molecule has 1 saturated heterocycles. The predicted octanol–water partition coefficient (Wildman–Crippen LogP) is 3.62. The highest BCUT2D eigenvalue weighted by molar-refractivity contribution is 7.09. The molecule has 25 heavy (non-hydrogen) atoms. The largest absolute Gasteiger partial charge is 0.366 e. The second kappa shape index (κ2) is 7.65. The molecule has 1 fully saturated rings. The molecule has 1 amide bonds. The van der Waals surface area contributed by atoms with Crippen molar-refractivity contribution in [3.63, 3.8) is 0 Å². The second-order valence-electron chi connectivity index (χ2n) is 6.31. The Hall–Kier alpha value is -2.41. The van der Waals surface area contributed by atoms with E-state index in [1.54, 1.807) is 23.5 Å². The highest BCUT2D eigenvalue weighted by Gasteiger charge is 2.24. The number of amides is 1. The van der Waals surface area contributed by atoms with E-state index in [0.717, 1.165) is 32.4 Å². The van der Waals surface area contributed by atoms with Gasteiger partial charge in [0.2, 0.25) is 0 Å². The van der Waals surface area contributed by atoms with Gasteiger partial charge in [-0.15, -0.1) is 11.3 Å². The van der Waals surface area contributed by atoms with E-state index in [2.05, 4.69) is 5.32 Å². The summed E-state index contributed by atoms with van der Waals surface area (Å²) in [5, 5.41) is 16.4. The molecular formula is C18H21N3O3S. The van der Waals surface area contributed by atoms with Gasteiger partial charge in [-0.2, -0.15) is 0 Å². The van der Waals surface area contributed by atoms with E-state index in [0.29, 0.717) is 11.3 Å². The topological polar surface area (TPSA) is 75.5 Å². The van der Waals surface area contributed by atoms with Crippen LogP contribution in [0.2, 0.25) is 0 Å². The molecule has 1 aliphatic rings. The summed E-state index contributed by atoms with van der Waals surface area (Å²) in [5.41, 5.74) is 0.929. The van der Waals surface area contributed by atoms with Gasteiger partial charge in [0.25, 0.3) is 11.6 Å². The van der Waals surface area contributed by atoms with Gasteiger partial charge in [0.05, 0.1) is 4.92 Å². The number of carbonyl (C=O) groups excluding carboxylic acids is 1. The predicted molar refractivity (Wildman–Crippen MR) is 99.5 cm³/mol. The van der Waals surface area contributed by atoms with Crippen LogP contribution in [0.15, 0.2) is 35.7 Å².